The van der Waals surface area contributed by atoms with E-state index in [1.54, 1.807) is 6.07 Å². The van der Waals surface area contributed by atoms with Crippen molar-refractivity contribution in [3.05, 3.63) is 33.8 Å². The van der Waals surface area contributed by atoms with Gasteiger partial charge in [0.25, 0.3) is 0 Å². The highest BCUT2D eigenvalue weighted by atomic mass is 79.9. The lowest BCUT2D eigenvalue weighted by molar-refractivity contribution is 0.401. The predicted molar refractivity (Wildman–Crippen MR) is 66.6 cm³/mol. The number of likely N-dealkylation sites (N-methyl/N-ethyl adjacent to an activating group) is 1. The zero-order chi connectivity index (χ0) is 10.6. The van der Waals surface area contributed by atoms with E-state index in [-0.39, 0.29) is 0 Å². The number of benzene rings is 1. The third-order valence-electron chi connectivity index (χ3n) is 1.98. The largest absolute Gasteiger partial charge is 0.296 e. The van der Waals surface area contributed by atoms with Crippen LogP contribution >= 0.6 is 39.1 Å². The summed E-state index contributed by atoms with van der Waals surface area (Å²) >= 11 is 15.2. The first-order chi connectivity index (χ1) is 6.63. The van der Waals surface area contributed by atoms with Crippen molar-refractivity contribution < 1.29 is 0 Å². The quantitative estimate of drug-likeness (QED) is 0.603. The van der Waals surface area contributed by atoms with Gasteiger partial charge >= 0.3 is 0 Å². The highest BCUT2D eigenvalue weighted by Crippen LogP contribution is 2.21. The van der Waals surface area contributed by atoms with Gasteiger partial charge in [0.15, 0.2) is 0 Å². The Kier molecular flexibility index (Phi) is 5.24. The number of hydrogen-bond donors (Lipinski definition) is 0. The minimum absolute atomic E-state index is 0.688. The maximum absolute atomic E-state index is 6.04. The molecule has 0 spiro atoms. The van der Waals surface area contributed by atoms with Gasteiger partial charge < -0.3 is 0 Å². The van der Waals surface area contributed by atoms with E-state index in [0.29, 0.717) is 5.02 Å². The molecule has 0 aromatic heterocycles. The molecule has 14 heavy (non-hydrogen) atoms. The summed E-state index contributed by atoms with van der Waals surface area (Å²) in [6.45, 7) is 0.979. The van der Waals surface area contributed by atoms with E-state index in [1.165, 1.54) is 0 Å². The Hall–Kier alpha value is 0.240. The number of halogens is 3. The lowest BCUT2D eigenvalue weighted by Crippen LogP contribution is -2.19. The van der Waals surface area contributed by atoms with Crippen LogP contribution in [0.15, 0.2) is 18.2 Å². The molecule has 0 saturated heterocycles. The van der Waals surface area contributed by atoms with Crippen molar-refractivity contribution in [3.63, 3.8) is 0 Å². The Balaban J connectivity index is 2.59. The summed E-state index contributed by atoms with van der Waals surface area (Å²) in [6, 6.07) is 5.64. The van der Waals surface area contributed by atoms with Gasteiger partial charge in [-0.25, -0.2) is 0 Å². The summed E-state index contributed by atoms with van der Waals surface area (Å²) in [7, 11) is 2.05. The zero-order valence-corrected chi connectivity index (χ0v) is 11.0. The molecule has 0 aliphatic heterocycles. The van der Waals surface area contributed by atoms with Gasteiger partial charge in [-0.15, -0.1) is 0 Å². The molecule has 0 atom stereocenters. The Labute approximate surface area is 103 Å². The van der Waals surface area contributed by atoms with E-state index in [0.717, 1.165) is 29.0 Å². The average molecular weight is 297 g/mol. The van der Waals surface area contributed by atoms with E-state index in [9.17, 15) is 0 Å². The number of nitrogens with zero attached hydrogens (tertiary/aromatic N) is 1. The molecule has 0 N–H and O–H groups in total. The SMILES string of the molecule is CN(CBr)CCc1ccc(Cl)cc1Cl. The first-order valence-electron chi connectivity index (χ1n) is 4.32. The molecule has 0 bridgehead atoms. The summed E-state index contributed by atoms with van der Waals surface area (Å²) < 4.78 is 0. The third-order valence-corrected chi connectivity index (χ3v) is 3.43. The second-order valence-electron chi connectivity index (χ2n) is 3.18. The molecule has 0 amide bonds. The zero-order valence-electron chi connectivity index (χ0n) is 7.93. The van der Waals surface area contributed by atoms with Gasteiger partial charge in [0.05, 0.1) is 5.45 Å². The second kappa shape index (κ2) is 5.96. The monoisotopic (exact) mass is 295 g/mol. The Bertz CT molecular complexity index is 304. The van der Waals surface area contributed by atoms with Crippen molar-refractivity contribution in [1.82, 2.24) is 4.90 Å². The molecule has 78 valence electrons. The molecular weight excluding hydrogens is 285 g/mol. The van der Waals surface area contributed by atoms with Gasteiger partial charge in [0, 0.05) is 16.6 Å². The van der Waals surface area contributed by atoms with Crippen LogP contribution in [0.4, 0.5) is 0 Å². The third kappa shape index (κ3) is 3.77. The van der Waals surface area contributed by atoms with Crippen molar-refractivity contribution in [2.75, 3.05) is 19.0 Å². The van der Waals surface area contributed by atoms with Crippen molar-refractivity contribution in [1.29, 1.82) is 0 Å². The smallest absolute Gasteiger partial charge is 0.0539 e. The van der Waals surface area contributed by atoms with E-state index >= 15 is 0 Å². The van der Waals surface area contributed by atoms with Crippen LogP contribution in [-0.2, 0) is 6.42 Å². The Morgan fingerprint density at radius 1 is 1.36 bits per heavy atom. The molecule has 0 aliphatic rings. The lowest BCUT2D eigenvalue weighted by Gasteiger charge is -2.13. The fourth-order valence-corrected chi connectivity index (χ4v) is 1.85. The van der Waals surface area contributed by atoms with Gasteiger partial charge in [0.2, 0.25) is 0 Å². The van der Waals surface area contributed by atoms with Gasteiger partial charge in [0.1, 0.15) is 0 Å². The van der Waals surface area contributed by atoms with Crippen LogP contribution in [-0.4, -0.2) is 23.9 Å². The van der Waals surface area contributed by atoms with Crippen molar-refractivity contribution in [2.45, 2.75) is 6.42 Å². The fraction of sp³-hybridized carbons (Fsp3) is 0.400. The first kappa shape index (κ1) is 12.3. The van der Waals surface area contributed by atoms with Gasteiger partial charge in [-0.3, -0.25) is 4.90 Å². The first-order valence-corrected chi connectivity index (χ1v) is 6.19. The maximum atomic E-state index is 6.04. The molecule has 4 heteroatoms. The predicted octanol–water partition coefficient (Wildman–Crippen LogP) is 3.82. The Morgan fingerprint density at radius 3 is 2.64 bits per heavy atom. The van der Waals surface area contributed by atoms with Crippen LogP contribution < -0.4 is 0 Å². The van der Waals surface area contributed by atoms with Crippen LogP contribution in [0.2, 0.25) is 10.0 Å². The van der Waals surface area contributed by atoms with Crippen molar-refractivity contribution >= 4 is 39.1 Å². The molecule has 1 nitrogen and oxygen atoms in total. The molecule has 1 aromatic carbocycles. The summed E-state index contributed by atoms with van der Waals surface area (Å²) in [5, 5.41) is 1.44. The van der Waals surface area contributed by atoms with Gasteiger partial charge in [-0.2, -0.15) is 0 Å². The highest BCUT2D eigenvalue weighted by Gasteiger charge is 2.02. The van der Waals surface area contributed by atoms with Crippen LogP contribution in [0.25, 0.3) is 0 Å². The minimum Gasteiger partial charge on any atom is -0.296 e. The van der Waals surface area contributed by atoms with E-state index < -0.39 is 0 Å². The summed E-state index contributed by atoms with van der Waals surface area (Å²) in [5.41, 5.74) is 2.02. The van der Waals surface area contributed by atoms with Crippen molar-refractivity contribution in [2.24, 2.45) is 0 Å². The van der Waals surface area contributed by atoms with Crippen LogP contribution in [0.1, 0.15) is 5.56 Å². The normalized spacial score (nSPS) is 10.9. The minimum atomic E-state index is 0.688. The van der Waals surface area contributed by atoms with E-state index in [4.69, 9.17) is 23.2 Å². The van der Waals surface area contributed by atoms with E-state index in [1.807, 2.05) is 12.1 Å². The molecule has 0 aliphatic carbocycles. The highest BCUT2D eigenvalue weighted by molar-refractivity contribution is 9.09. The van der Waals surface area contributed by atoms with Gasteiger partial charge in [-0.1, -0.05) is 45.2 Å². The van der Waals surface area contributed by atoms with E-state index in [2.05, 4.69) is 27.9 Å². The van der Waals surface area contributed by atoms with Crippen molar-refractivity contribution in [3.8, 4) is 0 Å². The van der Waals surface area contributed by atoms with Gasteiger partial charge in [-0.05, 0) is 31.2 Å². The molecule has 0 radical (unpaired) electrons. The topological polar surface area (TPSA) is 3.24 Å². The van der Waals surface area contributed by atoms with Crippen LogP contribution in [0.3, 0.4) is 0 Å². The number of alkyl halides is 1. The number of rotatable bonds is 4. The standard InChI is InChI=1S/C10H12BrCl2N/c1-14(7-11)5-4-8-2-3-9(12)6-10(8)13/h2-3,6H,4-5,7H2,1H3. The van der Waals surface area contributed by atoms with Crippen LogP contribution in [0.5, 0.6) is 0 Å². The second-order valence-corrected chi connectivity index (χ2v) is 4.53. The number of hydrogen-bond acceptors (Lipinski definition) is 1. The average Bonchev–Trinajstić information content (AvgIpc) is 2.16. The molecule has 0 heterocycles. The molecule has 0 unspecified atom stereocenters. The summed E-state index contributed by atoms with van der Waals surface area (Å²) in [4.78, 5) is 2.17. The van der Waals surface area contributed by atoms with Crippen LogP contribution in [0, 0.1) is 0 Å². The molecule has 0 fully saturated rings. The fourth-order valence-electron chi connectivity index (χ4n) is 1.10. The lowest BCUT2D eigenvalue weighted by atomic mass is 10.1. The summed E-state index contributed by atoms with van der Waals surface area (Å²) in [5.74, 6) is 0. The molecule has 0 saturated carbocycles. The Morgan fingerprint density at radius 2 is 2.07 bits per heavy atom. The molecular formula is C10H12BrCl2N. The molecule has 1 aromatic rings. The molecule has 1 rings (SSSR count). The maximum Gasteiger partial charge on any atom is 0.0539 e. The summed E-state index contributed by atoms with van der Waals surface area (Å²) in [6.07, 6.45) is 0.943.